The molecular formula is C7H11Cl3O2. The summed E-state index contributed by atoms with van der Waals surface area (Å²) in [6.45, 7) is 3.46. The van der Waals surface area contributed by atoms with Gasteiger partial charge in [-0.1, -0.05) is 48.7 Å². The smallest absolute Gasteiger partial charge is 0.308 e. The first kappa shape index (κ1) is 12.3. The van der Waals surface area contributed by atoms with Crippen molar-refractivity contribution < 1.29 is 9.53 Å². The number of esters is 1. The Morgan fingerprint density at radius 1 is 1.50 bits per heavy atom. The second kappa shape index (κ2) is 5.15. The van der Waals surface area contributed by atoms with E-state index in [0.29, 0.717) is 0 Å². The fourth-order valence-corrected chi connectivity index (χ4v) is 0.626. The molecule has 0 aromatic carbocycles. The van der Waals surface area contributed by atoms with E-state index < -0.39 is 3.79 Å². The molecule has 72 valence electrons. The average Bonchev–Trinajstić information content (AvgIpc) is 1.97. The van der Waals surface area contributed by atoms with Gasteiger partial charge >= 0.3 is 5.97 Å². The summed E-state index contributed by atoms with van der Waals surface area (Å²) in [6.07, 6.45) is 0.721. The van der Waals surface area contributed by atoms with Crippen LogP contribution in [0.4, 0.5) is 0 Å². The molecule has 0 saturated heterocycles. The van der Waals surface area contributed by atoms with E-state index in [1.54, 1.807) is 6.92 Å². The molecule has 0 saturated carbocycles. The molecule has 2 nitrogen and oxygen atoms in total. The van der Waals surface area contributed by atoms with Crippen LogP contribution in [-0.2, 0) is 9.53 Å². The van der Waals surface area contributed by atoms with Gasteiger partial charge in [-0.3, -0.25) is 4.79 Å². The van der Waals surface area contributed by atoms with Crippen LogP contribution in [0.2, 0.25) is 0 Å². The monoisotopic (exact) mass is 232 g/mol. The van der Waals surface area contributed by atoms with Gasteiger partial charge in [-0.15, -0.1) is 0 Å². The molecule has 1 unspecified atom stereocenters. The molecule has 0 amide bonds. The summed E-state index contributed by atoms with van der Waals surface area (Å²) in [5.41, 5.74) is 0. The molecule has 12 heavy (non-hydrogen) atoms. The van der Waals surface area contributed by atoms with Crippen molar-refractivity contribution in [3.63, 3.8) is 0 Å². The summed E-state index contributed by atoms with van der Waals surface area (Å²) in [6, 6.07) is 0. The van der Waals surface area contributed by atoms with Gasteiger partial charge in [-0.05, 0) is 6.42 Å². The lowest BCUT2D eigenvalue weighted by atomic mass is 10.1. The molecule has 5 heteroatoms. The molecular weight excluding hydrogens is 222 g/mol. The molecule has 0 bridgehead atoms. The highest BCUT2D eigenvalue weighted by Crippen LogP contribution is 2.26. The lowest BCUT2D eigenvalue weighted by Crippen LogP contribution is -2.21. The number of halogens is 3. The van der Waals surface area contributed by atoms with E-state index >= 15 is 0 Å². The van der Waals surface area contributed by atoms with Crippen molar-refractivity contribution in [1.29, 1.82) is 0 Å². The van der Waals surface area contributed by atoms with E-state index in [-0.39, 0.29) is 18.5 Å². The van der Waals surface area contributed by atoms with Crippen LogP contribution in [-0.4, -0.2) is 16.4 Å². The molecule has 0 N–H and O–H groups in total. The minimum atomic E-state index is -1.51. The van der Waals surface area contributed by atoms with Crippen LogP contribution in [0.25, 0.3) is 0 Å². The molecule has 0 aliphatic carbocycles. The summed E-state index contributed by atoms with van der Waals surface area (Å²) in [7, 11) is 0. The maximum Gasteiger partial charge on any atom is 0.308 e. The first-order chi connectivity index (χ1) is 5.37. The van der Waals surface area contributed by atoms with Gasteiger partial charge < -0.3 is 4.74 Å². The van der Waals surface area contributed by atoms with Crippen LogP contribution < -0.4 is 0 Å². The Labute approximate surface area is 87.1 Å². The van der Waals surface area contributed by atoms with E-state index in [4.69, 9.17) is 39.5 Å². The van der Waals surface area contributed by atoms with Crippen molar-refractivity contribution in [1.82, 2.24) is 0 Å². The van der Waals surface area contributed by atoms with Gasteiger partial charge in [0.15, 0.2) is 0 Å². The average molecular weight is 234 g/mol. The van der Waals surface area contributed by atoms with E-state index in [1.807, 2.05) is 6.92 Å². The zero-order valence-electron chi connectivity index (χ0n) is 6.94. The molecule has 0 aromatic heterocycles. The van der Waals surface area contributed by atoms with Gasteiger partial charge in [-0.2, -0.15) is 0 Å². The number of alkyl halides is 3. The summed E-state index contributed by atoms with van der Waals surface area (Å²) >= 11 is 16.1. The van der Waals surface area contributed by atoms with Gasteiger partial charge in [0.2, 0.25) is 3.79 Å². The van der Waals surface area contributed by atoms with Crippen molar-refractivity contribution in [2.75, 3.05) is 6.61 Å². The first-order valence-electron chi connectivity index (χ1n) is 3.60. The number of hydrogen-bond acceptors (Lipinski definition) is 2. The van der Waals surface area contributed by atoms with Crippen LogP contribution >= 0.6 is 34.8 Å². The molecule has 0 aliphatic rings. The Balaban J connectivity index is 3.72. The van der Waals surface area contributed by atoms with Gasteiger partial charge in [0.05, 0.1) is 5.92 Å². The summed E-state index contributed by atoms with van der Waals surface area (Å²) in [5, 5.41) is 0. The van der Waals surface area contributed by atoms with Crippen LogP contribution in [0.3, 0.4) is 0 Å². The van der Waals surface area contributed by atoms with Crippen LogP contribution in [0, 0.1) is 5.92 Å². The van der Waals surface area contributed by atoms with Gasteiger partial charge in [0.25, 0.3) is 0 Å². The zero-order valence-corrected chi connectivity index (χ0v) is 9.21. The Hall–Kier alpha value is 0.340. The third kappa shape index (κ3) is 5.92. The SMILES string of the molecule is CCC(C)C(=O)OCC(Cl)(Cl)Cl. The zero-order chi connectivity index (χ0) is 9.78. The Kier molecular flexibility index (Phi) is 5.30. The van der Waals surface area contributed by atoms with E-state index in [0.717, 1.165) is 6.42 Å². The highest BCUT2D eigenvalue weighted by Gasteiger charge is 2.23. The van der Waals surface area contributed by atoms with E-state index in [9.17, 15) is 4.79 Å². The van der Waals surface area contributed by atoms with Crippen LogP contribution in [0.5, 0.6) is 0 Å². The third-order valence-electron chi connectivity index (χ3n) is 1.39. The molecule has 0 rings (SSSR count). The van der Waals surface area contributed by atoms with Gasteiger partial charge in [-0.25, -0.2) is 0 Å². The van der Waals surface area contributed by atoms with Crippen LogP contribution in [0.1, 0.15) is 20.3 Å². The lowest BCUT2D eigenvalue weighted by Gasteiger charge is -2.13. The second-order valence-electron chi connectivity index (χ2n) is 2.53. The number of ether oxygens (including phenoxy) is 1. The van der Waals surface area contributed by atoms with E-state index in [2.05, 4.69) is 0 Å². The van der Waals surface area contributed by atoms with Crippen molar-refractivity contribution in [2.45, 2.75) is 24.1 Å². The molecule has 0 fully saturated rings. The van der Waals surface area contributed by atoms with Gasteiger partial charge in [0.1, 0.15) is 6.61 Å². The standard InChI is InChI=1S/C7H11Cl3O2/c1-3-5(2)6(11)12-4-7(8,9)10/h5H,3-4H2,1-2H3. The Morgan fingerprint density at radius 3 is 2.33 bits per heavy atom. The topological polar surface area (TPSA) is 26.3 Å². The molecule has 0 spiro atoms. The van der Waals surface area contributed by atoms with Crippen molar-refractivity contribution >= 4 is 40.8 Å². The third-order valence-corrected chi connectivity index (χ3v) is 1.72. The number of hydrogen-bond donors (Lipinski definition) is 0. The fourth-order valence-electron chi connectivity index (χ4n) is 0.462. The summed E-state index contributed by atoms with van der Waals surface area (Å²) in [4.78, 5) is 11.0. The quantitative estimate of drug-likeness (QED) is 0.553. The minimum absolute atomic E-state index is 0.141. The number of carbonyl (C=O) groups is 1. The fraction of sp³-hybridized carbons (Fsp3) is 0.857. The number of carbonyl (C=O) groups excluding carboxylic acids is 1. The minimum Gasteiger partial charge on any atom is -0.461 e. The van der Waals surface area contributed by atoms with Crippen molar-refractivity contribution in [3.8, 4) is 0 Å². The Bertz CT molecular complexity index is 153. The molecule has 0 heterocycles. The molecule has 0 aliphatic heterocycles. The van der Waals surface area contributed by atoms with Crippen LogP contribution in [0.15, 0.2) is 0 Å². The summed E-state index contributed by atoms with van der Waals surface area (Å²) < 4.78 is 3.21. The number of rotatable bonds is 3. The molecule has 0 radical (unpaired) electrons. The normalized spacial score (nSPS) is 14.1. The van der Waals surface area contributed by atoms with Crippen molar-refractivity contribution in [3.05, 3.63) is 0 Å². The van der Waals surface area contributed by atoms with Gasteiger partial charge in [0, 0.05) is 0 Å². The lowest BCUT2D eigenvalue weighted by molar-refractivity contribution is -0.147. The highest BCUT2D eigenvalue weighted by molar-refractivity contribution is 6.67. The molecule has 1 atom stereocenters. The van der Waals surface area contributed by atoms with E-state index in [1.165, 1.54) is 0 Å². The molecule has 0 aromatic rings. The predicted octanol–water partition coefficient (Wildman–Crippen LogP) is 2.95. The maximum atomic E-state index is 11.0. The largest absolute Gasteiger partial charge is 0.461 e. The predicted molar refractivity (Wildman–Crippen MR) is 50.7 cm³/mol. The second-order valence-corrected chi connectivity index (χ2v) is 5.05. The summed E-state index contributed by atoms with van der Waals surface area (Å²) in [5.74, 6) is -0.471. The Morgan fingerprint density at radius 2 is 2.00 bits per heavy atom. The maximum absolute atomic E-state index is 11.0. The first-order valence-corrected chi connectivity index (χ1v) is 4.73. The highest BCUT2D eigenvalue weighted by atomic mass is 35.6. The van der Waals surface area contributed by atoms with Crippen molar-refractivity contribution in [2.24, 2.45) is 5.92 Å².